The topological polar surface area (TPSA) is 103 Å². The Bertz CT molecular complexity index is 857. The first-order valence-electron chi connectivity index (χ1n) is 8.07. The Hall–Kier alpha value is -2.39. The molecule has 2 aromatic rings. The lowest BCUT2D eigenvalue weighted by molar-refractivity contribution is -0.144. The summed E-state index contributed by atoms with van der Waals surface area (Å²) in [6.07, 6.45) is 2.37. The molecule has 8 nitrogen and oxygen atoms in total. The van der Waals surface area contributed by atoms with Crippen molar-refractivity contribution in [1.82, 2.24) is 14.4 Å². The number of amides is 1. The van der Waals surface area contributed by atoms with Gasteiger partial charge in [-0.05, 0) is 12.1 Å². The number of piperazine rings is 1. The van der Waals surface area contributed by atoms with Crippen LogP contribution in [-0.2, 0) is 20.9 Å². The van der Waals surface area contributed by atoms with E-state index in [9.17, 15) is 19.5 Å². The van der Waals surface area contributed by atoms with E-state index in [1.165, 1.54) is 0 Å². The van der Waals surface area contributed by atoms with Gasteiger partial charge in [-0.25, -0.2) is 0 Å². The van der Waals surface area contributed by atoms with Gasteiger partial charge in [-0.3, -0.25) is 19.3 Å². The van der Waals surface area contributed by atoms with E-state index in [0.717, 1.165) is 10.9 Å². The second-order valence-electron chi connectivity index (χ2n) is 6.19. The fourth-order valence-corrected chi connectivity index (χ4v) is 3.72. The molecule has 1 atom stereocenters. The number of carboxylic acids is 2. The summed E-state index contributed by atoms with van der Waals surface area (Å²) in [4.78, 5) is 37.5. The Morgan fingerprint density at radius 1 is 1.19 bits per heavy atom. The van der Waals surface area contributed by atoms with Crippen LogP contribution in [-0.4, -0.2) is 69.1 Å². The lowest BCUT2D eigenvalue weighted by Crippen LogP contribution is -2.48. The first-order valence-corrected chi connectivity index (χ1v) is 8.86. The number of hydrogen-bond acceptors (Lipinski definition) is 4. The average Bonchev–Trinajstić information content (AvgIpc) is 2.92. The van der Waals surface area contributed by atoms with E-state index >= 15 is 0 Å². The molecule has 1 saturated heterocycles. The third-order valence-electron chi connectivity index (χ3n) is 4.57. The molecule has 1 amide bonds. The number of aromatic nitrogens is 1. The van der Waals surface area contributed by atoms with Crippen molar-refractivity contribution in [3.8, 4) is 0 Å². The van der Waals surface area contributed by atoms with Gasteiger partial charge in [0.15, 0.2) is 0 Å². The van der Waals surface area contributed by atoms with Crippen LogP contribution >= 0.6 is 15.9 Å². The van der Waals surface area contributed by atoms with Crippen LogP contribution in [0.4, 0.5) is 0 Å². The largest absolute Gasteiger partial charge is 0.480 e. The molecule has 26 heavy (non-hydrogen) atoms. The highest BCUT2D eigenvalue weighted by Gasteiger charge is 2.32. The van der Waals surface area contributed by atoms with Crippen LogP contribution < -0.4 is 0 Å². The van der Waals surface area contributed by atoms with Crippen molar-refractivity contribution in [2.24, 2.45) is 0 Å². The van der Waals surface area contributed by atoms with Crippen molar-refractivity contribution in [2.45, 2.75) is 12.6 Å². The molecule has 0 aliphatic carbocycles. The molecule has 1 aromatic heterocycles. The van der Waals surface area contributed by atoms with Crippen molar-refractivity contribution < 1.29 is 24.6 Å². The van der Waals surface area contributed by atoms with Crippen LogP contribution in [0.15, 0.2) is 28.9 Å². The zero-order chi connectivity index (χ0) is 18.8. The molecule has 1 aliphatic rings. The number of rotatable bonds is 6. The zero-order valence-corrected chi connectivity index (χ0v) is 15.4. The Morgan fingerprint density at radius 3 is 2.46 bits per heavy atom. The van der Waals surface area contributed by atoms with E-state index < -0.39 is 18.0 Å². The molecule has 0 radical (unpaired) electrons. The normalized spacial score (nSPS) is 16.6. The van der Waals surface area contributed by atoms with Gasteiger partial charge in [0.25, 0.3) is 0 Å². The first-order chi connectivity index (χ1) is 12.4. The van der Waals surface area contributed by atoms with Crippen molar-refractivity contribution >= 4 is 45.2 Å². The Morgan fingerprint density at radius 2 is 1.88 bits per heavy atom. The molecular formula is C17H18BrN3O5. The smallest absolute Gasteiger partial charge is 0.325 e. The monoisotopic (exact) mass is 423 g/mol. The highest BCUT2D eigenvalue weighted by molar-refractivity contribution is 9.10. The molecule has 3 rings (SSSR count). The number of nitrogens with zero attached hydrogens (tertiary/aromatic N) is 3. The maximum absolute atomic E-state index is 12.0. The van der Waals surface area contributed by atoms with Crippen molar-refractivity contribution in [1.29, 1.82) is 0 Å². The number of carbonyl (C=O) groups excluding carboxylic acids is 1. The molecule has 9 heteroatoms. The SMILES string of the molecule is O=CN1CCN(C(C(=O)O)c2cn(CC(=O)O)c3cc(Br)ccc23)CC1. The molecule has 1 fully saturated rings. The highest BCUT2D eigenvalue weighted by atomic mass is 79.9. The van der Waals surface area contributed by atoms with Gasteiger partial charge in [0.2, 0.25) is 6.41 Å². The van der Waals surface area contributed by atoms with Crippen LogP contribution in [0.1, 0.15) is 11.6 Å². The fraction of sp³-hybridized carbons (Fsp3) is 0.353. The second kappa shape index (κ2) is 7.46. The molecule has 0 spiro atoms. The standard InChI is InChI=1S/C17H18BrN3O5/c18-11-1-2-12-13(8-21(9-15(23)24)14(12)7-11)16(17(25)26)20-5-3-19(10-22)4-6-20/h1-2,7-8,10,16H,3-6,9H2,(H,23,24)(H,25,26). The lowest BCUT2D eigenvalue weighted by atomic mass is 10.0. The summed E-state index contributed by atoms with van der Waals surface area (Å²) in [6.45, 7) is 1.56. The maximum Gasteiger partial charge on any atom is 0.325 e. The number of halogens is 1. The molecule has 1 unspecified atom stereocenters. The number of carbonyl (C=O) groups is 3. The quantitative estimate of drug-likeness (QED) is 0.680. The fourth-order valence-electron chi connectivity index (χ4n) is 3.37. The third-order valence-corrected chi connectivity index (χ3v) is 5.07. The highest BCUT2D eigenvalue weighted by Crippen LogP contribution is 2.32. The molecule has 2 heterocycles. The van der Waals surface area contributed by atoms with Crippen LogP contribution in [0, 0.1) is 0 Å². The Labute approximate surface area is 157 Å². The van der Waals surface area contributed by atoms with E-state index in [0.29, 0.717) is 42.6 Å². The van der Waals surface area contributed by atoms with Crippen LogP contribution in [0.3, 0.4) is 0 Å². The average molecular weight is 424 g/mol. The van der Waals surface area contributed by atoms with Crippen LogP contribution in [0.25, 0.3) is 10.9 Å². The summed E-state index contributed by atoms with van der Waals surface area (Å²) in [5, 5.41) is 19.7. The zero-order valence-electron chi connectivity index (χ0n) is 13.8. The van der Waals surface area contributed by atoms with Gasteiger partial charge in [-0.15, -0.1) is 0 Å². The molecule has 1 aliphatic heterocycles. The molecule has 0 bridgehead atoms. The van der Waals surface area contributed by atoms with Crippen molar-refractivity contribution in [2.75, 3.05) is 26.2 Å². The summed E-state index contributed by atoms with van der Waals surface area (Å²) >= 11 is 3.37. The third kappa shape index (κ3) is 3.58. The second-order valence-corrected chi connectivity index (χ2v) is 7.10. The summed E-state index contributed by atoms with van der Waals surface area (Å²) in [5.41, 5.74) is 1.22. The number of fused-ring (bicyclic) bond motifs is 1. The molecule has 2 N–H and O–H groups in total. The summed E-state index contributed by atoms with van der Waals surface area (Å²) in [6, 6.07) is 4.48. The molecule has 138 valence electrons. The van der Waals surface area contributed by atoms with Gasteiger partial charge in [-0.2, -0.15) is 0 Å². The van der Waals surface area contributed by atoms with Gasteiger partial charge in [0, 0.05) is 47.8 Å². The van der Waals surface area contributed by atoms with Crippen LogP contribution in [0.2, 0.25) is 0 Å². The van der Waals surface area contributed by atoms with Gasteiger partial charge >= 0.3 is 11.9 Å². The lowest BCUT2D eigenvalue weighted by Gasteiger charge is -2.36. The van der Waals surface area contributed by atoms with Gasteiger partial charge in [0.05, 0.1) is 5.52 Å². The minimum Gasteiger partial charge on any atom is -0.480 e. The number of carboxylic acid groups (broad SMARTS) is 2. The van der Waals surface area contributed by atoms with Crippen molar-refractivity contribution in [3.63, 3.8) is 0 Å². The van der Waals surface area contributed by atoms with Crippen molar-refractivity contribution in [3.05, 3.63) is 34.4 Å². The van der Waals surface area contributed by atoms with E-state index in [1.54, 1.807) is 33.9 Å². The summed E-state index contributed by atoms with van der Waals surface area (Å²) in [5.74, 6) is -2.00. The van der Waals surface area contributed by atoms with Gasteiger partial charge in [-0.1, -0.05) is 22.0 Å². The number of hydrogen-bond donors (Lipinski definition) is 2. The number of aliphatic carboxylic acids is 2. The Balaban J connectivity index is 2.04. The maximum atomic E-state index is 12.0. The van der Waals surface area contributed by atoms with Crippen LogP contribution in [0.5, 0.6) is 0 Å². The minimum absolute atomic E-state index is 0.252. The minimum atomic E-state index is -1.00. The predicted molar refractivity (Wildman–Crippen MR) is 96.9 cm³/mol. The molecular weight excluding hydrogens is 406 g/mol. The van der Waals surface area contributed by atoms with E-state index in [1.807, 2.05) is 4.90 Å². The van der Waals surface area contributed by atoms with E-state index in [4.69, 9.17) is 5.11 Å². The van der Waals surface area contributed by atoms with E-state index in [2.05, 4.69) is 15.9 Å². The summed E-state index contributed by atoms with van der Waals surface area (Å²) in [7, 11) is 0. The van der Waals surface area contributed by atoms with Gasteiger partial charge < -0.3 is 19.7 Å². The number of benzene rings is 1. The Kier molecular flexibility index (Phi) is 5.28. The van der Waals surface area contributed by atoms with E-state index in [-0.39, 0.29) is 6.54 Å². The molecule has 0 saturated carbocycles. The summed E-state index contributed by atoms with van der Waals surface area (Å²) < 4.78 is 2.34. The predicted octanol–water partition coefficient (Wildman–Crippen LogP) is 1.39. The molecule has 1 aromatic carbocycles. The first kappa shape index (κ1) is 18.4. The van der Waals surface area contributed by atoms with Gasteiger partial charge in [0.1, 0.15) is 12.6 Å².